The number of hydrogen-bond acceptors (Lipinski definition) is 4. The van der Waals surface area contributed by atoms with Crippen LogP contribution >= 0.6 is 0 Å². The molecule has 0 aliphatic carbocycles. The molecule has 0 aliphatic rings. The van der Waals surface area contributed by atoms with E-state index < -0.39 is 17.5 Å². The molecule has 2 aromatic carbocycles. The molecule has 92 valence electrons. The quantitative estimate of drug-likeness (QED) is 0.318. The van der Waals surface area contributed by atoms with Crippen molar-refractivity contribution in [3.8, 4) is 0 Å². The van der Waals surface area contributed by atoms with Crippen molar-refractivity contribution in [2.75, 3.05) is 0 Å². The van der Waals surface area contributed by atoms with Gasteiger partial charge in [0, 0.05) is 5.57 Å². The third-order valence-electron chi connectivity index (χ3n) is 2.15. The van der Waals surface area contributed by atoms with E-state index in [1.165, 1.54) is 10.8 Å². The van der Waals surface area contributed by atoms with Gasteiger partial charge < -0.3 is 19.8 Å². The van der Waals surface area contributed by atoms with Gasteiger partial charge >= 0.3 is 23.1 Å². The minimum Gasteiger partial charge on any atom is -0.545 e. The Kier molecular flexibility index (Phi) is 7.48. The number of rotatable bonds is 2. The second-order valence-electron chi connectivity index (χ2n) is 3.40. The summed E-state index contributed by atoms with van der Waals surface area (Å²) < 4.78 is 0. The van der Waals surface area contributed by atoms with E-state index in [2.05, 4.69) is 55.1 Å². The Morgan fingerprint density at radius 3 is 1.21 bits per heavy atom. The van der Waals surface area contributed by atoms with Gasteiger partial charge in [0.15, 0.2) is 0 Å². The second-order valence-corrected chi connectivity index (χ2v) is 3.40. The predicted octanol–water partition coefficient (Wildman–Crippen LogP) is -0.499. The topological polar surface area (TPSA) is 80.3 Å². The van der Waals surface area contributed by atoms with Gasteiger partial charge in [-0.05, 0) is 10.8 Å². The van der Waals surface area contributed by atoms with Crippen LogP contribution in [0.3, 0.4) is 0 Å². The van der Waals surface area contributed by atoms with Crippen LogP contribution in [-0.4, -0.2) is 35.0 Å². The maximum atomic E-state index is 9.51. The summed E-state index contributed by atoms with van der Waals surface area (Å²) in [6, 6.07) is 16.7. The number of carboxylic acids is 2. The molecule has 0 spiro atoms. The Labute approximate surface area is 126 Å². The van der Waals surface area contributed by atoms with Crippen LogP contribution in [0.25, 0.3) is 10.8 Å². The van der Waals surface area contributed by atoms with Crippen molar-refractivity contribution in [3.05, 3.63) is 60.7 Å². The molecule has 0 atom stereocenters. The molecule has 19 heavy (non-hydrogen) atoms. The number of fused-ring (bicyclic) bond motifs is 1. The van der Waals surface area contributed by atoms with Crippen LogP contribution in [0, 0.1) is 0 Å². The molecular weight excluding hydrogens is 256 g/mol. The largest absolute Gasteiger partial charge is 2.00 e. The van der Waals surface area contributed by atoms with Gasteiger partial charge in [0.2, 0.25) is 0 Å². The number of carboxylic acid groups (broad SMARTS) is 2. The third-order valence-corrected chi connectivity index (χ3v) is 2.15. The predicted molar refractivity (Wildman–Crippen MR) is 68.9 cm³/mol. The summed E-state index contributed by atoms with van der Waals surface area (Å²) in [6.45, 7) is 2.63. The molecule has 5 heteroatoms. The minimum atomic E-state index is -1.81. The smallest absolute Gasteiger partial charge is 0.545 e. The second kappa shape index (κ2) is 8.28. The van der Waals surface area contributed by atoms with Crippen molar-refractivity contribution in [3.63, 3.8) is 0 Å². The van der Waals surface area contributed by atoms with Crippen molar-refractivity contribution in [1.82, 2.24) is 0 Å². The minimum absolute atomic E-state index is 0. The van der Waals surface area contributed by atoms with Gasteiger partial charge in [-0.3, -0.25) is 0 Å². The summed E-state index contributed by atoms with van der Waals surface area (Å²) in [7, 11) is 0. The summed E-state index contributed by atoms with van der Waals surface area (Å²) in [5, 5.41) is 21.6. The van der Waals surface area contributed by atoms with Crippen molar-refractivity contribution in [1.29, 1.82) is 0 Å². The van der Waals surface area contributed by atoms with E-state index in [0.717, 1.165) is 0 Å². The SMILES string of the molecule is C=C(C(=O)[O-])C(=O)[O-].[Mg+2].c1ccc2ccccc2c1. The molecule has 0 saturated carbocycles. The molecule has 0 heterocycles. The van der Waals surface area contributed by atoms with E-state index in [1.807, 2.05) is 0 Å². The summed E-state index contributed by atoms with van der Waals surface area (Å²) in [5.74, 6) is -3.63. The van der Waals surface area contributed by atoms with Gasteiger partial charge in [-0.25, -0.2) is 0 Å². The number of hydrogen-bond donors (Lipinski definition) is 0. The van der Waals surface area contributed by atoms with Crippen LogP contribution in [0.15, 0.2) is 60.7 Å². The van der Waals surface area contributed by atoms with Crippen molar-refractivity contribution in [2.24, 2.45) is 0 Å². The zero-order valence-electron chi connectivity index (χ0n) is 10.2. The van der Waals surface area contributed by atoms with Crippen molar-refractivity contribution in [2.45, 2.75) is 0 Å². The third kappa shape index (κ3) is 5.54. The van der Waals surface area contributed by atoms with Gasteiger partial charge in [0.05, 0.1) is 11.9 Å². The van der Waals surface area contributed by atoms with Crippen molar-refractivity contribution < 1.29 is 19.8 Å². The Balaban J connectivity index is 0.000000335. The normalized spacial score (nSPS) is 8.63. The van der Waals surface area contributed by atoms with Gasteiger partial charge in [-0.2, -0.15) is 0 Å². The maximum Gasteiger partial charge on any atom is 2.00 e. The average Bonchev–Trinajstić information content (AvgIpc) is 2.38. The van der Waals surface area contributed by atoms with Crippen LogP contribution < -0.4 is 10.2 Å². The number of benzene rings is 2. The molecule has 0 bridgehead atoms. The Hall–Kier alpha value is -1.85. The summed E-state index contributed by atoms with van der Waals surface area (Å²) in [6.07, 6.45) is 0. The van der Waals surface area contributed by atoms with Crippen LogP contribution in [-0.2, 0) is 9.59 Å². The molecule has 2 aromatic rings. The monoisotopic (exact) mass is 266 g/mol. The van der Waals surface area contributed by atoms with E-state index in [9.17, 15) is 19.8 Å². The Morgan fingerprint density at radius 1 is 0.789 bits per heavy atom. The molecule has 0 radical (unpaired) electrons. The van der Waals surface area contributed by atoms with Gasteiger partial charge in [-0.15, -0.1) is 0 Å². The molecule has 0 fully saturated rings. The van der Waals surface area contributed by atoms with Gasteiger partial charge in [0.1, 0.15) is 0 Å². The number of aliphatic carboxylic acids is 2. The van der Waals surface area contributed by atoms with E-state index in [-0.39, 0.29) is 23.1 Å². The van der Waals surface area contributed by atoms with Crippen LogP contribution in [0.5, 0.6) is 0 Å². The first-order chi connectivity index (χ1) is 8.52. The molecule has 4 nitrogen and oxygen atoms in total. The fourth-order valence-electron chi connectivity index (χ4n) is 1.22. The Bertz CT molecular complexity index is 511. The summed E-state index contributed by atoms with van der Waals surface area (Å²) >= 11 is 0. The summed E-state index contributed by atoms with van der Waals surface area (Å²) in [4.78, 5) is 19.0. The Morgan fingerprint density at radius 2 is 1.05 bits per heavy atom. The molecule has 0 unspecified atom stereocenters. The first-order valence-electron chi connectivity index (χ1n) is 5.07. The molecule has 0 aromatic heterocycles. The first-order valence-corrected chi connectivity index (χ1v) is 5.07. The standard InChI is InChI=1S/C10H8.C4H4O4.Mg/c1-2-6-10-8-4-3-7-9(10)5-1;1-2(3(5)6)4(7)8;/h1-8H;1H2,(H,5,6)(H,7,8);/q;;+2/p-2. The number of carbonyl (C=O) groups is 2. The fourth-order valence-corrected chi connectivity index (χ4v) is 1.22. The maximum absolute atomic E-state index is 9.51. The van der Waals surface area contributed by atoms with Crippen LogP contribution in [0.4, 0.5) is 0 Å². The van der Waals surface area contributed by atoms with E-state index >= 15 is 0 Å². The molecule has 0 aliphatic heterocycles. The number of carbonyl (C=O) groups excluding carboxylic acids is 2. The zero-order chi connectivity index (χ0) is 13.5. The molecule has 0 amide bonds. The van der Waals surface area contributed by atoms with Crippen LogP contribution in [0.1, 0.15) is 0 Å². The fraction of sp³-hybridized carbons (Fsp3) is 0. The van der Waals surface area contributed by atoms with Crippen LogP contribution in [0.2, 0.25) is 0 Å². The molecule has 0 N–H and O–H groups in total. The van der Waals surface area contributed by atoms with E-state index in [0.29, 0.717) is 0 Å². The molecule has 2 rings (SSSR count). The van der Waals surface area contributed by atoms with Crippen molar-refractivity contribution >= 4 is 45.8 Å². The van der Waals surface area contributed by atoms with E-state index in [4.69, 9.17) is 0 Å². The zero-order valence-corrected chi connectivity index (χ0v) is 11.6. The van der Waals surface area contributed by atoms with E-state index in [1.54, 1.807) is 0 Å². The summed E-state index contributed by atoms with van der Waals surface area (Å²) in [5.41, 5.74) is -1.04. The average molecular weight is 267 g/mol. The molecule has 0 saturated heterocycles. The molecular formula is C14H10MgO4. The van der Waals surface area contributed by atoms with Gasteiger partial charge in [0.25, 0.3) is 0 Å². The van der Waals surface area contributed by atoms with Gasteiger partial charge in [-0.1, -0.05) is 55.1 Å². The first kappa shape index (κ1) is 17.1.